The van der Waals surface area contributed by atoms with Gasteiger partial charge in [0.1, 0.15) is 11.6 Å². The van der Waals surface area contributed by atoms with Gasteiger partial charge in [0, 0.05) is 45.2 Å². The lowest BCUT2D eigenvalue weighted by Gasteiger charge is -2.36. The molecule has 0 atom stereocenters. The number of benzene rings is 2. The molecule has 30 heavy (non-hydrogen) atoms. The van der Waals surface area contributed by atoms with Crippen LogP contribution in [0.2, 0.25) is 0 Å². The smallest absolute Gasteiger partial charge is 0.254 e. The quantitative estimate of drug-likeness (QED) is 0.729. The average Bonchev–Trinajstić information content (AvgIpc) is 2.74. The molecule has 0 radical (unpaired) electrons. The second kappa shape index (κ2) is 10.2. The van der Waals surface area contributed by atoms with E-state index in [1.54, 1.807) is 0 Å². The average molecular weight is 416 g/mol. The first-order chi connectivity index (χ1) is 14.5. The van der Waals surface area contributed by atoms with Gasteiger partial charge in [-0.2, -0.15) is 0 Å². The van der Waals surface area contributed by atoms with Gasteiger partial charge in [0.15, 0.2) is 0 Å². The molecule has 8 heteroatoms. The number of amides is 2. The number of hydrogen-bond donors (Lipinski definition) is 2. The molecule has 0 unspecified atom stereocenters. The third-order valence-corrected chi connectivity index (χ3v) is 5.15. The van der Waals surface area contributed by atoms with E-state index < -0.39 is 17.5 Å². The molecular weight excluding hydrogens is 390 g/mol. The third-order valence-electron chi connectivity index (χ3n) is 5.15. The van der Waals surface area contributed by atoms with E-state index in [0.29, 0.717) is 6.07 Å². The maximum absolute atomic E-state index is 13.7. The second-order valence-electron chi connectivity index (χ2n) is 7.12. The normalized spacial score (nSPS) is 14.4. The molecule has 1 heterocycles. The minimum atomic E-state index is -0.936. The highest BCUT2D eigenvalue weighted by atomic mass is 19.1. The van der Waals surface area contributed by atoms with Crippen molar-refractivity contribution in [3.63, 3.8) is 0 Å². The van der Waals surface area contributed by atoms with Crippen LogP contribution in [-0.2, 0) is 4.79 Å². The Morgan fingerprint density at radius 1 is 1.03 bits per heavy atom. The third kappa shape index (κ3) is 5.54. The number of rotatable bonds is 7. The number of carbonyl (C=O) groups excluding carboxylic acids is 2. The molecule has 6 nitrogen and oxygen atoms in total. The lowest BCUT2D eigenvalue weighted by Crippen LogP contribution is -2.46. The summed E-state index contributed by atoms with van der Waals surface area (Å²) in [6, 6.07) is 10.4. The van der Waals surface area contributed by atoms with Crippen molar-refractivity contribution in [2.45, 2.75) is 13.3 Å². The van der Waals surface area contributed by atoms with Gasteiger partial charge >= 0.3 is 0 Å². The van der Waals surface area contributed by atoms with E-state index in [1.807, 2.05) is 24.3 Å². The highest BCUT2D eigenvalue weighted by Gasteiger charge is 2.19. The molecule has 3 rings (SSSR count). The molecular formula is C22H26F2N4O2. The molecule has 160 valence electrons. The van der Waals surface area contributed by atoms with E-state index in [4.69, 9.17) is 0 Å². The van der Waals surface area contributed by atoms with Gasteiger partial charge in [0.2, 0.25) is 5.91 Å². The Bertz CT molecular complexity index is 898. The SMILES string of the molecule is CCN1CCN(c2ccccc2NC(=O)CCNC(=O)c2ccc(F)cc2F)CC1. The zero-order chi connectivity index (χ0) is 21.5. The van der Waals surface area contributed by atoms with Gasteiger partial charge in [-0.1, -0.05) is 19.1 Å². The van der Waals surface area contributed by atoms with Crippen LogP contribution in [0, 0.1) is 11.6 Å². The van der Waals surface area contributed by atoms with Gasteiger partial charge in [-0.25, -0.2) is 8.78 Å². The number of piperazine rings is 1. The van der Waals surface area contributed by atoms with E-state index in [9.17, 15) is 18.4 Å². The van der Waals surface area contributed by atoms with Crippen molar-refractivity contribution in [1.29, 1.82) is 0 Å². The number of para-hydroxylation sites is 2. The highest BCUT2D eigenvalue weighted by Crippen LogP contribution is 2.26. The van der Waals surface area contributed by atoms with E-state index >= 15 is 0 Å². The van der Waals surface area contributed by atoms with Gasteiger partial charge in [-0.3, -0.25) is 9.59 Å². The zero-order valence-corrected chi connectivity index (χ0v) is 17.0. The van der Waals surface area contributed by atoms with E-state index in [2.05, 4.69) is 27.4 Å². The Hall–Kier alpha value is -3.00. The van der Waals surface area contributed by atoms with Gasteiger partial charge in [0.05, 0.1) is 16.9 Å². The molecule has 1 aliphatic rings. The fourth-order valence-electron chi connectivity index (χ4n) is 3.43. The van der Waals surface area contributed by atoms with Crippen LogP contribution in [0.25, 0.3) is 0 Å². The second-order valence-corrected chi connectivity index (χ2v) is 7.12. The molecule has 0 aromatic heterocycles. The van der Waals surface area contributed by atoms with Gasteiger partial charge in [-0.15, -0.1) is 0 Å². The van der Waals surface area contributed by atoms with Crippen LogP contribution < -0.4 is 15.5 Å². The summed E-state index contributed by atoms with van der Waals surface area (Å²) < 4.78 is 26.6. The fraction of sp³-hybridized carbons (Fsp3) is 0.364. The number of nitrogens with zero attached hydrogens (tertiary/aromatic N) is 2. The summed E-state index contributed by atoms with van der Waals surface area (Å²) in [6.07, 6.45) is 0.0342. The van der Waals surface area contributed by atoms with Gasteiger partial charge in [-0.05, 0) is 30.8 Å². The van der Waals surface area contributed by atoms with E-state index in [1.165, 1.54) is 0 Å². The molecule has 2 aromatic carbocycles. The lowest BCUT2D eigenvalue weighted by atomic mass is 10.2. The zero-order valence-electron chi connectivity index (χ0n) is 17.0. The highest BCUT2D eigenvalue weighted by molar-refractivity contribution is 5.96. The van der Waals surface area contributed by atoms with Crippen molar-refractivity contribution in [3.05, 3.63) is 59.7 Å². The Balaban J connectivity index is 1.52. The first-order valence-electron chi connectivity index (χ1n) is 10.1. The van der Waals surface area contributed by atoms with Crippen molar-refractivity contribution < 1.29 is 18.4 Å². The summed E-state index contributed by atoms with van der Waals surface area (Å²) in [5.74, 6) is -2.63. The first-order valence-corrected chi connectivity index (χ1v) is 10.1. The van der Waals surface area contributed by atoms with Gasteiger partial charge < -0.3 is 20.4 Å². The van der Waals surface area contributed by atoms with Crippen molar-refractivity contribution >= 4 is 23.2 Å². The Morgan fingerprint density at radius 3 is 2.47 bits per heavy atom. The summed E-state index contributed by atoms with van der Waals surface area (Å²) in [5.41, 5.74) is 1.44. The molecule has 1 aliphatic heterocycles. The maximum Gasteiger partial charge on any atom is 0.254 e. The number of hydrogen-bond acceptors (Lipinski definition) is 4. The molecule has 2 amide bonds. The van der Waals surface area contributed by atoms with Crippen molar-refractivity contribution in [2.24, 2.45) is 0 Å². The molecule has 1 fully saturated rings. The molecule has 2 aromatic rings. The van der Waals surface area contributed by atoms with Crippen LogP contribution in [0.1, 0.15) is 23.7 Å². The van der Waals surface area contributed by atoms with Crippen LogP contribution >= 0.6 is 0 Å². The maximum atomic E-state index is 13.7. The molecule has 1 saturated heterocycles. The fourth-order valence-corrected chi connectivity index (χ4v) is 3.43. The van der Waals surface area contributed by atoms with Crippen LogP contribution in [-0.4, -0.2) is 56.0 Å². The number of halogens is 2. The summed E-state index contributed by atoms with van der Waals surface area (Å²) in [4.78, 5) is 29.0. The molecule has 0 spiro atoms. The topological polar surface area (TPSA) is 64.7 Å². The molecule has 0 saturated carbocycles. The number of likely N-dealkylation sites (N-methyl/N-ethyl adjacent to an activating group) is 1. The largest absolute Gasteiger partial charge is 0.367 e. The summed E-state index contributed by atoms with van der Waals surface area (Å²) in [6.45, 7) is 6.95. The summed E-state index contributed by atoms with van der Waals surface area (Å²) >= 11 is 0. The van der Waals surface area contributed by atoms with Crippen LogP contribution in [0.3, 0.4) is 0 Å². The number of carbonyl (C=O) groups is 2. The van der Waals surface area contributed by atoms with E-state index in [-0.39, 0.29) is 24.4 Å². The predicted molar refractivity (Wildman–Crippen MR) is 113 cm³/mol. The minimum absolute atomic E-state index is 0.0342. The van der Waals surface area contributed by atoms with Gasteiger partial charge in [0.25, 0.3) is 5.91 Å². The lowest BCUT2D eigenvalue weighted by molar-refractivity contribution is -0.116. The van der Waals surface area contributed by atoms with Crippen molar-refractivity contribution in [1.82, 2.24) is 10.2 Å². The predicted octanol–water partition coefficient (Wildman–Crippen LogP) is 2.87. The van der Waals surface area contributed by atoms with Crippen LogP contribution in [0.15, 0.2) is 42.5 Å². The van der Waals surface area contributed by atoms with Crippen LogP contribution in [0.4, 0.5) is 20.2 Å². The Kier molecular flexibility index (Phi) is 7.35. The summed E-state index contributed by atoms with van der Waals surface area (Å²) in [7, 11) is 0. The Labute approximate surface area is 174 Å². The number of anilines is 2. The molecule has 0 aliphatic carbocycles. The standard InChI is InChI=1S/C22H26F2N4O2/c1-2-27-11-13-28(14-12-27)20-6-4-3-5-19(20)26-21(29)9-10-25-22(30)17-8-7-16(23)15-18(17)24/h3-8,15H,2,9-14H2,1H3,(H,25,30)(H,26,29). The van der Waals surface area contributed by atoms with Crippen molar-refractivity contribution in [2.75, 3.05) is 49.5 Å². The monoisotopic (exact) mass is 416 g/mol. The van der Waals surface area contributed by atoms with Crippen molar-refractivity contribution in [3.8, 4) is 0 Å². The van der Waals surface area contributed by atoms with E-state index in [0.717, 1.165) is 56.2 Å². The number of nitrogens with one attached hydrogen (secondary N) is 2. The van der Waals surface area contributed by atoms with Crippen LogP contribution in [0.5, 0.6) is 0 Å². The first kappa shape index (κ1) is 21.7. The Morgan fingerprint density at radius 2 is 1.77 bits per heavy atom. The minimum Gasteiger partial charge on any atom is -0.367 e. The molecule has 2 N–H and O–H groups in total. The molecule has 0 bridgehead atoms. The summed E-state index contributed by atoms with van der Waals surface area (Å²) in [5, 5.41) is 5.38.